The Labute approximate surface area is 150 Å². The lowest BCUT2D eigenvalue weighted by molar-refractivity contribution is 0.0959. The Morgan fingerprint density at radius 1 is 1.19 bits per heavy atom. The maximum absolute atomic E-state index is 12.5. The summed E-state index contributed by atoms with van der Waals surface area (Å²) in [6, 6.07) is 8.57. The molecule has 8 nitrogen and oxygen atoms in total. The third kappa shape index (κ3) is 3.44. The molecule has 0 atom stereocenters. The van der Waals surface area contributed by atoms with Crippen LogP contribution >= 0.6 is 0 Å². The molecule has 2 aromatic heterocycles. The van der Waals surface area contributed by atoms with Gasteiger partial charge in [0.2, 0.25) is 5.82 Å². The van der Waals surface area contributed by atoms with Crippen LogP contribution in [0.5, 0.6) is 0 Å². The summed E-state index contributed by atoms with van der Waals surface area (Å²) >= 11 is 0. The topological polar surface area (TPSA) is 101 Å². The number of hydrogen-bond acceptors (Lipinski definition) is 5. The van der Waals surface area contributed by atoms with Crippen molar-refractivity contribution in [2.24, 2.45) is 0 Å². The van der Waals surface area contributed by atoms with Gasteiger partial charge in [-0.05, 0) is 32.0 Å². The first kappa shape index (κ1) is 17.3. The standard InChI is InChI=1S/C18H18N6O2/c1-4-9-19-16(25)13-7-5-6-8-14(13)21-17(26)15-22-18-20-11(2)10-12(3)24(18)23-15/h4-8,10H,1,9H2,2-3H3,(H,19,25)(H,21,26). The lowest BCUT2D eigenvalue weighted by Crippen LogP contribution is -2.25. The van der Waals surface area contributed by atoms with Crippen LogP contribution in [0.3, 0.4) is 0 Å². The average molecular weight is 350 g/mol. The summed E-state index contributed by atoms with van der Waals surface area (Å²) in [6.45, 7) is 7.60. The summed E-state index contributed by atoms with van der Waals surface area (Å²) in [4.78, 5) is 33.2. The maximum Gasteiger partial charge on any atom is 0.295 e. The molecular formula is C18H18N6O2. The number of anilines is 1. The van der Waals surface area contributed by atoms with Crippen molar-refractivity contribution < 1.29 is 9.59 Å². The van der Waals surface area contributed by atoms with Gasteiger partial charge in [-0.15, -0.1) is 11.7 Å². The molecule has 3 rings (SSSR count). The molecular weight excluding hydrogens is 332 g/mol. The van der Waals surface area contributed by atoms with Gasteiger partial charge in [0.05, 0.1) is 11.3 Å². The summed E-state index contributed by atoms with van der Waals surface area (Å²) in [5.41, 5.74) is 2.33. The fourth-order valence-corrected chi connectivity index (χ4v) is 2.49. The number of nitrogens with one attached hydrogen (secondary N) is 2. The first-order valence-electron chi connectivity index (χ1n) is 8.00. The minimum absolute atomic E-state index is 0.0208. The molecule has 0 radical (unpaired) electrons. The highest BCUT2D eigenvalue weighted by Crippen LogP contribution is 2.16. The first-order valence-corrected chi connectivity index (χ1v) is 8.00. The second kappa shape index (κ2) is 7.14. The van der Waals surface area contributed by atoms with Crippen LogP contribution in [0.15, 0.2) is 43.0 Å². The number of benzene rings is 1. The summed E-state index contributed by atoms with van der Waals surface area (Å²) in [7, 11) is 0. The van der Waals surface area contributed by atoms with E-state index in [4.69, 9.17) is 0 Å². The van der Waals surface area contributed by atoms with E-state index in [-0.39, 0.29) is 11.7 Å². The van der Waals surface area contributed by atoms with Crippen molar-refractivity contribution >= 4 is 23.3 Å². The van der Waals surface area contributed by atoms with E-state index in [0.717, 1.165) is 11.4 Å². The Morgan fingerprint density at radius 3 is 2.73 bits per heavy atom. The number of aryl methyl sites for hydroxylation is 2. The van der Waals surface area contributed by atoms with Crippen molar-refractivity contribution in [1.82, 2.24) is 24.9 Å². The van der Waals surface area contributed by atoms with Crippen LogP contribution < -0.4 is 10.6 Å². The second-order valence-electron chi connectivity index (χ2n) is 5.68. The normalized spacial score (nSPS) is 10.5. The SMILES string of the molecule is C=CCNC(=O)c1ccccc1NC(=O)c1nc2nc(C)cc(C)n2n1. The lowest BCUT2D eigenvalue weighted by Gasteiger charge is -2.09. The van der Waals surface area contributed by atoms with Crippen LogP contribution in [0, 0.1) is 13.8 Å². The minimum Gasteiger partial charge on any atom is -0.349 e. The highest BCUT2D eigenvalue weighted by Gasteiger charge is 2.18. The number of amides is 2. The molecule has 0 aliphatic rings. The number of carbonyl (C=O) groups is 2. The average Bonchev–Trinajstić information content (AvgIpc) is 3.04. The zero-order valence-electron chi connectivity index (χ0n) is 14.5. The van der Waals surface area contributed by atoms with Gasteiger partial charge in [-0.2, -0.15) is 4.98 Å². The van der Waals surface area contributed by atoms with Crippen LogP contribution in [0.1, 0.15) is 32.4 Å². The van der Waals surface area contributed by atoms with Gasteiger partial charge in [-0.25, -0.2) is 9.50 Å². The number of para-hydroxylation sites is 1. The van der Waals surface area contributed by atoms with Gasteiger partial charge in [0.25, 0.3) is 17.6 Å². The second-order valence-corrected chi connectivity index (χ2v) is 5.68. The van der Waals surface area contributed by atoms with E-state index in [2.05, 4.69) is 32.3 Å². The summed E-state index contributed by atoms with van der Waals surface area (Å²) in [5, 5.41) is 9.56. The Bertz CT molecular complexity index is 1010. The zero-order valence-corrected chi connectivity index (χ0v) is 14.5. The third-order valence-electron chi connectivity index (χ3n) is 3.65. The van der Waals surface area contributed by atoms with Gasteiger partial charge in [0.15, 0.2) is 0 Å². The van der Waals surface area contributed by atoms with E-state index in [0.29, 0.717) is 23.6 Å². The van der Waals surface area contributed by atoms with E-state index >= 15 is 0 Å². The van der Waals surface area contributed by atoms with Gasteiger partial charge in [-0.1, -0.05) is 18.2 Å². The molecule has 0 spiro atoms. The Morgan fingerprint density at radius 2 is 1.96 bits per heavy atom. The van der Waals surface area contributed by atoms with E-state index in [1.165, 1.54) is 4.52 Å². The molecule has 0 unspecified atom stereocenters. The Kier molecular flexibility index (Phi) is 4.74. The summed E-state index contributed by atoms with van der Waals surface area (Å²) < 4.78 is 1.50. The minimum atomic E-state index is -0.517. The van der Waals surface area contributed by atoms with Gasteiger partial charge < -0.3 is 10.6 Å². The summed E-state index contributed by atoms with van der Waals surface area (Å²) in [5.74, 6) is -0.495. The fraction of sp³-hybridized carbons (Fsp3) is 0.167. The van der Waals surface area contributed by atoms with E-state index in [1.807, 2.05) is 19.9 Å². The molecule has 2 amide bonds. The molecule has 1 aromatic carbocycles. The molecule has 26 heavy (non-hydrogen) atoms. The van der Waals surface area contributed by atoms with Gasteiger partial charge in [-0.3, -0.25) is 9.59 Å². The first-order chi connectivity index (χ1) is 12.5. The number of nitrogens with zero attached hydrogens (tertiary/aromatic N) is 4. The van der Waals surface area contributed by atoms with Crippen molar-refractivity contribution in [2.75, 3.05) is 11.9 Å². The highest BCUT2D eigenvalue weighted by molar-refractivity contribution is 6.07. The van der Waals surface area contributed by atoms with Crippen molar-refractivity contribution in [3.05, 3.63) is 65.8 Å². The van der Waals surface area contributed by atoms with Crippen molar-refractivity contribution in [3.63, 3.8) is 0 Å². The van der Waals surface area contributed by atoms with Crippen LogP contribution in [0.2, 0.25) is 0 Å². The van der Waals surface area contributed by atoms with Gasteiger partial charge in [0.1, 0.15) is 0 Å². The molecule has 132 valence electrons. The number of rotatable bonds is 5. The van der Waals surface area contributed by atoms with Crippen LogP contribution in [0.25, 0.3) is 5.78 Å². The maximum atomic E-state index is 12.5. The molecule has 2 N–H and O–H groups in total. The highest BCUT2D eigenvalue weighted by atomic mass is 16.2. The fourth-order valence-electron chi connectivity index (χ4n) is 2.49. The van der Waals surface area contributed by atoms with Crippen LogP contribution in [-0.4, -0.2) is 37.9 Å². The molecule has 0 saturated heterocycles. The van der Waals surface area contributed by atoms with Crippen molar-refractivity contribution in [3.8, 4) is 0 Å². The molecule has 8 heteroatoms. The van der Waals surface area contributed by atoms with Crippen LogP contribution in [0.4, 0.5) is 5.69 Å². The number of carbonyl (C=O) groups excluding carboxylic acids is 2. The monoisotopic (exact) mass is 350 g/mol. The van der Waals surface area contributed by atoms with Gasteiger partial charge >= 0.3 is 0 Å². The quantitative estimate of drug-likeness (QED) is 0.685. The number of aromatic nitrogens is 4. The molecule has 0 aliphatic carbocycles. The van der Waals surface area contributed by atoms with Crippen molar-refractivity contribution in [2.45, 2.75) is 13.8 Å². The number of fused-ring (bicyclic) bond motifs is 1. The molecule has 0 bridgehead atoms. The predicted molar refractivity (Wildman–Crippen MR) is 97.2 cm³/mol. The zero-order chi connectivity index (χ0) is 18.7. The molecule has 0 saturated carbocycles. The summed E-state index contributed by atoms with van der Waals surface area (Å²) in [6.07, 6.45) is 1.58. The molecule has 0 aliphatic heterocycles. The Hall–Kier alpha value is -3.55. The molecule has 3 aromatic rings. The van der Waals surface area contributed by atoms with E-state index < -0.39 is 5.91 Å². The third-order valence-corrected chi connectivity index (χ3v) is 3.65. The predicted octanol–water partition coefficient (Wildman–Crippen LogP) is 1.91. The van der Waals surface area contributed by atoms with E-state index in [1.54, 1.807) is 30.3 Å². The largest absolute Gasteiger partial charge is 0.349 e. The van der Waals surface area contributed by atoms with Crippen molar-refractivity contribution in [1.29, 1.82) is 0 Å². The lowest BCUT2D eigenvalue weighted by atomic mass is 10.1. The Balaban J connectivity index is 1.88. The smallest absolute Gasteiger partial charge is 0.295 e. The van der Waals surface area contributed by atoms with E-state index in [9.17, 15) is 9.59 Å². The van der Waals surface area contributed by atoms with Crippen LogP contribution in [-0.2, 0) is 0 Å². The molecule has 2 heterocycles. The number of hydrogen-bond donors (Lipinski definition) is 2. The van der Waals surface area contributed by atoms with Gasteiger partial charge in [0, 0.05) is 17.9 Å². The molecule has 0 fully saturated rings.